The predicted octanol–water partition coefficient (Wildman–Crippen LogP) is 1.79. The van der Waals surface area contributed by atoms with Gasteiger partial charge in [-0.05, 0) is 52.6 Å². The summed E-state index contributed by atoms with van der Waals surface area (Å²) in [6.45, 7) is 8.92. The number of carboxylic acids is 1. The van der Waals surface area contributed by atoms with Crippen LogP contribution in [-0.2, 0) is 9.53 Å². The second-order valence-corrected chi connectivity index (χ2v) is 7.12. The standard InChI is InChI=1S/C15H26N2O4/c1-15(2,3)21-14(20)17-9-12(10-17)16-6-4-11(5-7-16)8-13(18)19/h11-12H,4-10H2,1-3H3,(H,18,19). The van der Waals surface area contributed by atoms with Gasteiger partial charge in [-0.3, -0.25) is 9.69 Å². The lowest BCUT2D eigenvalue weighted by Crippen LogP contribution is -2.62. The number of aliphatic carboxylic acids is 1. The fourth-order valence-corrected chi connectivity index (χ4v) is 2.93. The van der Waals surface area contributed by atoms with Crippen LogP contribution in [0, 0.1) is 5.92 Å². The van der Waals surface area contributed by atoms with Gasteiger partial charge < -0.3 is 14.7 Å². The Morgan fingerprint density at radius 3 is 2.24 bits per heavy atom. The Morgan fingerprint density at radius 2 is 1.76 bits per heavy atom. The van der Waals surface area contributed by atoms with E-state index in [-0.39, 0.29) is 12.5 Å². The average molecular weight is 298 g/mol. The van der Waals surface area contributed by atoms with E-state index in [1.54, 1.807) is 4.90 Å². The maximum atomic E-state index is 11.9. The molecule has 6 nitrogen and oxygen atoms in total. The first-order chi connectivity index (χ1) is 9.74. The van der Waals surface area contributed by atoms with Crippen molar-refractivity contribution in [3.63, 3.8) is 0 Å². The minimum Gasteiger partial charge on any atom is -0.481 e. The van der Waals surface area contributed by atoms with Crippen molar-refractivity contribution in [3.8, 4) is 0 Å². The van der Waals surface area contributed by atoms with Gasteiger partial charge in [0.05, 0.1) is 0 Å². The van der Waals surface area contributed by atoms with Crippen LogP contribution in [0.15, 0.2) is 0 Å². The molecule has 0 aromatic carbocycles. The van der Waals surface area contributed by atoms with Crippen LogP contribution in [0.4, 0.5) is 4.79 Å². The van der Waals surface area contributed by atoms with E-state index in [0.29, 0.717) is 12.0 Å². The maximum absolute atomic E-state index is 11.9. The van der Waals surface area contributed by atoms with Gasteiger partial charge in [0.25, 0.3) is 0 Å². The maximum Gasteiger partial charge on any atom is 0.410 e. The lowest BCUT2D eigenvalue weighted by Gasteiger charge is -2.47. The average Bonchev–Trinajstić information content (AvgIpc) is 2.26. The van der Waals surface area contributed by atoms with Crippen LogP contribution >= 0.6 is 0 Å². The van der Waals surface area contributed by atoms with E-state index in [9.17, 15) is 9.59 Å². The number of likely N-dealkylation sites (tertiary alicyclic amines) is 2. The Balaban J connectivity index is 1.69. The zero-order chi connectivity index (χ0) is 15.6. The van der Waals surface area contributed by atoms with E-state index < -0.39 is 11.6 Å². The third-order valence-corrected chi connectivity index (χ3v) is 4.14. The highest BCUT2D eigenvalue weighted by atomic mass is 16.6. The molecule has 2 aliphatic heterocycles. The van der Waals surface area contributed by atoms with E-state index in [2.05, 4.69) is 4.90 Å². The highest BCUT2D eigenvalue weighted by Crippen LogP contribution is 2.26. The van der Waals surface area contributed by atoms with Crippen LogP contribution in [0.25, 0.3) is 0 Å². The minimum atomic E-state index is -0.701. The van der Waals surface area contributed by atoms with Crippen molar-refractivity contribution >= 4 is 12.1 Å². The summed E-state index contributed by atoms with van der Waals surface area (Å²) in [7, 11) is 0. The number of piperidine rings is 1. The molecule has 0 radical (unpaired) electrons. The Bertz CT molecular complexity index is 391. The molecule has 6 heteroatoms. The van der Waals surface area contributed by atoms with Gasteiger partial charge in [-0.25, -0.2) is 4.79 Å². The van der Waals surface area contributed by atoms with Crippen molar-refractivity contribution in [2.24, 2.45) is 5.92 Å². The number of hydrogen-bond donors (Lipinski definition) is 1. The van der Waals surface area contributed by atoms with Gasteiger partial charge in [-0.2, -0.15) is 0 Å². The van der Waals surface area contributed by atoms with Crippen LogP contribution in [-0.4, -0.2) is 64.8 Å². The van der Waals surface area contributed by atoms with Crippen molar-refractivity contribution < 1.29 is 19.4 Å². The second kappa shape index (κ2) is 6.22. The van der Waals surface area contributed by atoms with Crippen LogP contribution in [0.2, 0.25) is 0 Å². The minimum absolute atomic E-state index is 0.237. The van der Waals surface area contributed by atoms with Crippen molar-refractivity contribution in [2.75, 3.05) is 26.2 Å². The fourth-order valence-electron chi connectivity index (χ4n) is 2.93. The van der Waals surface area contributed by atoms with E-state index in [4.69, 9.17) is 9.84 Å². The van der Waals surface area contributed by atoms with Gasteiger partial charge in [-0.1, -0.05) is 0 Å². The second-order valence-electron chi connectivity index (χ2n) is 7.12. The normalized spacial score (nSPS) is 22.0. The summed E-state index contributed by atoms with van der Waals surface area (Å²) >= 11 is 0. The molecular weight excluding hydrogens is 272 g/mol. The first kappa shape index (κ1) is 16.1. The van der Waals surface area contributed by atoms with Gasteiger partial charge in [-0.15, -0.1) is 0 Å². The number of amides is 1. The molecule has 1 amide bonds. The van der Waals surface area contributed by atoms with Gasteiger partial charge in [0.2, 0.25) is 0 Å². The van der Waals surface area contributed by atoms with Crippen LogP contribution in [0.3, 0.4) is 0 Å². The quantitative estimate of drug-likeness (QED) is 0.860. The van der Waals surface area contributed by atoms with Crippen molar-refractivity contribution in [1.29, 1.82) is 0 Å². The van der Waals surface area contributed by atoms with Crippen LogP contribution in [0.5, 0.6) is 0 Å². The summed E-state index contributed by atoms with van der Waals surface area (Å²) in [5, 5.41) is 8.82. The Hall–Kier alpha value is -1.30. The van der Waals surface area contributed by atoms with E-state index in [1.165, 1.54) is 0 Å². The number of ether oxygens (including phenoxy) is 1. The van der Waals surface area contributed by atoms with Gasteiger partial charge in [0.15, 0.2) is 0 Å². The highest BCUT2D eigenvalue weighted by molar-refractivity contribution is 5.69. The van der Waals surface area contributed by atoms with Crippen molar-refractivity contribution in [3.05, 3.63) is 0 Å². The molecule has 0 aromatic heterocycles. The molecule has 21 heavy (non-hydrogen) atoms. The van der Waals surface area contributed by atoms with Crippen LogP contribution in [0.1, 0.15) is 40.0 Å². The lowest BCUT2D eigenvalue weighted by atomic mass is 9.92. The molecule has 0 spiro atoms. The van der Waals surface area contributed by atoms with E-state index >= 15 is 0 Å². The molecule has 0 atom stereocenters. The van der Waals surface area contributed by atoms with E-state index in [0.717, 1.165) is 39.0 Å². The number of carbonyl (C=O) groups excluding carboxylic acids is 1. The molecular formula is C15H26N2O4. The molecule has 0 aliphatic carbocycles. The molecule has 120 valence electrons. The zero-order valence-corrected chi connectivity index (χ0v) is 13.2. The topological polar surface area (TPSA) is 70.1 Å². The highest BCUT2D eigenvalue weighted by Gasteiger charge is 2.38. The molecule has 2 saturated heterocycles. The smallest absolute Gasteiger partial charge is 0.410 e. The summed E-state index contributed by atoms with van der Waals surface area (Å²) in [6.07, 6.45) is 1.92. The summed E-state index contributed by atoms with van der Waals surface area (Å²) in [4.78, 5) is 26.7. The summed E-state index contributed by atoms with van der Waals surface area (Å²) in [5.74, 6) is -0.394. The lowest BCUT2D eigenvalue weighted by molar-refractivity contribution is -0.138. The molecule has 0 aromatic rings. The Morgan fingerprint density at radius 1 is 1.19 bits per heavy atom. The van der Waals surface area contributed by atoms with Gasteiger partial charge in [0, 0.05) is 25.6 Å². The summed E-state index contributed by atoms with van der Waals surface area (Å²) in [5.41, 5.74) is -0.447. The first-order valence-corrected chi connectivity index (χ1v) is 7.68. The number of rotatable bonds is 3. The number of nitrogens with zero attached hydrogens (tertiary/aromatic N) is 2. The molecule has 0 bridgehead atoms. The van der Waals surface area contributed by atoms with Crippen LogP contribution < -0.4 is 0 Å². The molecule has 2 aliphatic rings. The number of hydrogen-bond acceptors (Lipinski definition) is 4. The molecule has 0 unspecified atom stereocenters. The van der Waals surface area contributed by atoms with Gasteiger partial charge >= 0.3 is 12.1 Å². The van der Waals surface area contributed by atoms with E-state index in [1.807, 2.05) is 20.8 Å². The molecule has 2 rings (SSSR count). The largest absolute Gasteiger partial charge is 0.481 e. The van der Waals surface area contributed by atoms with Crippen molar-refractivity contribution in [1.82, 2.24) is 9.80 Å². The SMILES string of the molecule is CC(C)(C)OC(=O)N1CC(N2CCC(CC(=O)O)CC2)C1. The van der Waals surface area contributed by atoms with Gasteiger partial charge in [0.1, 0.15) is 5.60 Å². The Labute approximate surface area is 126 Å². The molecule has 2 fully saturated rings. The molecule has 0 saturated carbocycles. The monoisotopic (exact) mass is 298 g/mol. The summed E-state index contributed by atoms with van der Waals surface area (Å²) in [6, 6.07) is 0.406. The first-order valence-electron chi connectivity index (χ1n) is 7.68. The fraction of sp³-hybridized carbons (Fsp3) is 0.867. The third-order valence-electron chi connectivity index (χ3n) is 4.14. The number of carbonyl (C=O) groups is 2. The van der Waals surface area contributed by atoms with Crippen molar-refractivity contribution in [2.45, 2.75) is 51.7 Å². The third kappa shape index (κ3) is 4.59. The zero-order valence-electron chi connectivity index (χ0n) is 13.2. The Kier molecular flexibility index (Phi) is 4.76. The number of carboxylic acid groups (broad SMARTS) is 1. The molecule has 1 N–H and O–H groups in total. The predicted molar refractivity (Wildman–Crippen MR) is 78.1 cm³/mol. The molecule has 2 heterocycles. The summed E-state index contributed by atoms with van der Waals surface area (Å²) < 4.78 is 5.34.